The van der Waals surface area contributed by atoms with Gasteiger partial charge in [-0.15, -0.1) is 0 Å². The Hall–Kier alpha value is -1.66. The average Bonchev–Trinajstić information content (AvgIpc) is 2.50. The van der Waals surface area contributed by atoms with Crippen LogP contribution in [0, 0.1) is 5.82 Å². The second kappa shape index (κ2) is 6.22. The SMILES string of the molecule is O=C(NC1CCCOC12CCNCC2)c1ccc(F)cc1O. The summed E-state index contributed by atoms with van der Waals surface area (Å²) in [4.78, 5) is 12.4. The summed E-state index contributed by atoms with van der Waals surface area (Å²) in [6.45, 7) is 2.45. The molecule has 120 valence electrons. The number of phenolic OH excluding ortho intramolecular Hbond substituents is 1. The van der Waals surface area contributed by atoms with Crippen LogP contribution in [0.1, 0.15) is 36.0 Å². The van der Waals surface area contributed by atoms with Gasteiger partial charge in [0.15, 0.2) is 0 Å². The van der Waals surface area contributed by atoms with E-state index in [1.807, 2.05) is 0 Å². The first-order valence-corrected chi connectivity index (χ1v) is 7.75. The van der Waals surface area contributed by atoms with Gasteiger partial charge >= 0.3 is 0 Å². The van der Waals surface area contributed by atoms with Gasteiger partial charge in [-0.1, -0.05) is 0 Å². The number of hydrogen-bond donors (Lipinski definition) is 3. The minimum atomic E-state index is -0.565. The van der Waals surface area contributed by atoms with Crippen molar-refractivity contribution in [2.24, 2.45) is 0 Å². The van der Waals surface area contributed by atoms with Crippen molar-refractivity contribution < 1.29 is 19.0 Å². The Bertz CT molecular complexity index is 550. The van der Waals surface area contributed by atoms with E-state index in [4.69, 9.17) is 4.74 Å². The first-order valence-electron chi connectivity index (χ1n) is 7.75. The molecule has 2 fully saturated rings. The molecule has 1 aromatic rings. The fourth-order valence-corrected chi connectivity index (χ4v) is 3.41. The molecule has 1 unspecified atom stereocenters. The van der Waals surface area contributed by atoms with Gasteiger partial charge in [-0.05, 0) is 50.9 Å². The zero-order valence-corrected chi connectivity index (χ0v) is 12.4. The van der Waals surface area contributed by atoms with Crippen molar-refractivity contribution in [3.63, 3.8) is 0 Å². The monoisotopic (exact) mass is 308 g/mol. The van der Waals surface area contributed by atoms with Crippen LogP contribution in [-0.4, -0.2) is 42.4 Å². The molecule has 0 radical (unpaired) electrons. The van der Waals surface area contributed by atoms with Gasteiger partial charge in [-0.3, -0.25) is 4.79 Å². The van der Waals surface area contributed by atoms with Crippen LogP contribution in [0.3, 0.4) is 0 Å². The van der Waals surface area contributed by atoms with Crippen molar-refractivity contribution in [3.05, 3.63) is 29.6 Å². The molecule has 0 aliphatic carbocycles. The normalized spacial score (nSPS) is 24.1. The number of amides is 1. The fourth-order valence-electron chi connectivity index (χ4n) is 3.41. The Morgan fingerprint density at radius 3 is 2.91 bits per heavy atom. The average molecular weight is 308 g/mol. The Morgan fingerprint density at radius 2 is 2.18 bits per heavy atom. The van der Waals surface area contributed by atoms with Gasteiger partial charge < -0.3 is 20.5 Å². The standard InChI is InChI=1S/C16H21FN2O3/c17-11-3-4-12(13(20)10-11)15(21)19-14-2-1-9-22-16(14)5-7-18-8-6-16/h3-4,10,14,18,20H,1-2,5-9H2,(H,19,21). The minimum absolute atomic E-state index is 0.0831. The molecule has 0 bridgehead atoms. The lowest BCUT2D eigenvalue weighted by molar-refractivity contribution is -0.114. The topological polar surface area (TPSA) is 70.6 Å². The quantitative estimate of drug-likeness (QED) is 0.775. The molecule has 2 heterocycles. The molecule has 22 heavy (non-hydrogen) atoms. The Kier molecular flexibility index (Phi) is 4.31. The number of phenols is 1. The highest BCUT2D eigenvalue weighted by molar-refractivity contribution is 5.97. The molecular weight excluding hydrogens is 287 g/mol. The lowest BCUT2D eigenvalue weighted by Gasteiger charge is -2.46. The molecule has 3 rings (SSSR count). The van der Waals surface area contributed by atoms with E-state index in [-0.39, 0.29) is 28.9 Å². The molecule has 6 heteroatoms. The Labute approximate surface area is 128 Å². The predicted molar refractivity (Wildman–Crippen MR) is 79.3 cm³/mol. The van der Waals surface area contributed by atoms with Crippen molar-refractivity contribution in [2.45, 2.75) is 37.3 Å². The van der Waals surface area contributed by atoms with Crippen LogP contribution < -0.4 is 10.6 Å². The van der Waals surface area contributed by atoms with Gasteiger partial charge in [0.2, 0.25) is 0 Å². The van der Waals surface area contributed by atoms with Crippen molar-refractivity contribution in [2.75, 3.05) is 19.7 Å². The lowest BCUT2D eigenvalue weighted by Crippen LogP contribution is -2.60. The van der Waals surface area contributed by atoms with Crippen LogP contribution in [0.15, 0.2) is 18.2 Å². The van der Waals surface area contributed by atoms with Gasteiger partial charge in [-0.2, -0.15) is 0 Å². The van der Waals surface area contributed by atoms with E-state index >= 15 is 0 Å². The molecule has 2 saturated heterocycles. The molecule has 1 amide bonds. The van der Waals surface area contributed by atoms with Crippen LogP contribution >= 0.6 is 0 Å². The van der Waals surface area contributed by atoms with Gasteiger partial charge in [0.1, 0.15) is 11.6 Å². The summed E-state index contributed by atoms with van der Waals surface area (Å²) < 4.78 is 19.1. The zero-order chi connectivity index (χ0) is 15.6. The molecule has 2 aliphatic heterocycles. The number of nitrogens with one attached hydrogen (secondary N) is 2. The van der Waals surface area contributed by atoms with Gasteiger partial charge in [0, 0.05) is 12.7 Å². The Balaban J connectivity index is 1.76. The number of rotatable bonds is 2. The highest BCUT2D eigenvalue weighted by Gasteiger charge is 2.43. The molecule has 0 aromatic heterocycles. The second-order valence-electron chi connectivity index (χ2n) is 5.99. The molecule has 0 saturated carbocycles. The van der Waals surface area contributed by atoms with Crippen LogP contribution in [0.5, 0.6) is 5.75 Å². The van der Waals surface area contributed by atoms with E-state index in [2.05, 4.69) is 10.6 Å². The number of ether oxygens (including phenoxy) is 1. The molecule has 2 aliphatic rings. The summed E-state index contributed by atoms with van der Waals surface area (Å²) in [5.74, 6) is -1.29. The fraction of sp³-hybridized carbons (Fsp3) is 0.562. The van der Waals surface area contributed by atoms with Gasteiger partial charge in [0.05, 0.1) is 17.2 Å². The number of hydrogen-bond acceptors (Lipinski definition) is 4. The van der Waals surface area contributed by atoms with Crippen LogP contribution in [-0.2, 0) is 4.74 Å². The minimum Gasteiger partial charge on any atom is -0.507 e. The highest BCUT2D eigenvalue weighted by Crippen LogP contribution is 2.33. The number of aromatic hydroxyl groups is 1. The smallest absolute Gasteiger partial charge is 0.255 e. The molecular formula is C16H21FN2O3. The summed E-state index contributed by atoms with van der Waals surface area (Å²) in [6.07, 6.45) is 3.46. The Morgan fingerprint density at radius 1 is 1.41 bits per heavy atom. The summed E-state index contributed by atoms with van der Waals surface area (Å²) >= 11 is 0. The number of carbonyl (C=O) groups excluding carboxylic acids is 1. The maximum Gasteiger partial charge on any atom is 0.255 e. The van der Waals surface area contributed by atoms with Crippen molar-refractivity contribution in [3.8, 4) is 5.75 Å². The predicted octanol–water partition coefficient (Wildman–Crippen LogP) is 1.56. The zero-order valence-electron chi connectivity index (χ0n) is 12.4. The number of piperidine rings is 1. The van der Waals surface area contributed by atoms with Crippen LogP contribution in [0.4, 0.5) is 4.39 Å². The summed E-state index contributed by atoms with van der Waals surface area (Å²) in [5.41, 5.74) is -0.231. The van der Waals surface area contributed by atoms with E-state index in [0.29, 0.717) is 6.61 Å². The molecule has 1 aromatic carbocycles. The summed E-state index contributed by atoms with van der Waals surface area (Å²) in [6, 6.07) is 3.35. The molecule has 1 atom stereocenters. The molecule has 5 nitrogen and oxygen atoms in total. The second-order valence-corrected chi connectivity index (χ2v) is 5.99. The maximum atomic E-state index is 13.0. The third-order valence-electron chi connectivity index (χ3n) is 4.62. The van der Waals surface area contributed by atoms with Crippen molar-refractivity contribution in [1.82, 2.24) is 10.6 Å². The lowest BCUT2D eigenvalue weighted by atomic mass is 9.80. The van der Waals surface area contributed by atoms with E-state index in [0.717, 1.165) is 44.8 Å². The van der Waals surface area contributed by atoms with Gasteiger partial charge in [0.25, 0.3) is 5.91 Å². The first-order chi connectivity index (χ1) is 10.6. The summed E-state index contributed by atoms with van der Waals surface area (Å²) in [7, 11) is 0. The van der Waals surface area contributed by atoms with Crippen LogP contribution in [0.25, 0.3) is 0 Å². The third-order valence-corrected chi connectivity index (χ3v) is 4.62. The summed E-state index contributed by atoms with van der Waals surface area (Å²) in [5, 5.41) is 16.0. The van der Waals surface area contributed by atoms with Crippen molar-refractivity contribution in [1.29, 1.82) is 0 Å². The first kappa shape index (κ1) is 15.2. The number of benzene rings is 1. The van der Waals surface area contributed by atoms with E-state index < -0.39 is 5.82 Å². The van der Waals surface area contributed by atoms with E-state index in [9.17, 15) is 14.3 Å². The largest absolute Gasteiger partial charge is 0.507 e. The van der Waals surface area contributed by atoms with Crippen LogP contribution in [0.2, 0.25) is 0 Å². The molecule has 1 spiro atoms. The highest BCUT2D eigenvalue weighted by atomic mass is 19.1. The maximum absolute atomic E-state index is 13.0. The van der Waals surface area contributed by atoms with E-state index in [1.54, 1.807) is 0 Å². The van der Waals surface area contributed by atoms with Crippen molar-refractivity contribution >= 4 is 5.91 Å². The van der Waals surface area contributed by atoms with E-state index in [1.165, 1.54) is 12.1 Å². The third kappa shape index (κ3) is 2.94. The number of carbonyl (C=O) groups is 1. The van der Waals surface area contributed by atoms with Gasteiger partial charge in [-0.25, -0.2) is 4.39 Å². The molecule has 3 N–H and O–H groups in total. The number of halogens is 1.